The molecule has 0 aliphatic heterocycles. The van der Waals surface area contributed by atoms with E-state index in [2.05, 4.69) is 6.58 Å². The summed E-state index contributed by atoms with van der Waals surface area (Å²) in [6.07, 6.45) is 1.66. The molecule has 0 saturated carbocycles. The Morgan fingerprint density at radius 1 is 1.62 bits per heavy atom. The number of hydrogen-bond donors (Lipinski definition) is 1. The molecule has 1 rings (SSSR count). The number of ether oxygens (including phenoxy) is 1. The van der Waals surface area contributed by atoms with E-state index in [1.807, 2.05) is 19.1 Å². The third-order valence-electron chi connectivity index (χ3n) is 2.34. The summed E-state index contributed by atoms with van der Waals surface area (Å²) in [6, 6.07) is 5.40. The largest absolute Gasteiger partial charge is 0.508 e. The molecule has 1 aromatic carbocycles. The molecule has 3 heteroatoms. The van der Waals surface area contributed by atoms with E-state index in [9.17, 15) is 9.90 Å². The predicted molar refractivity (Wildman–Crippen MR) is 62.4 cm³/mol. The summed E-state index contributed by atoms with van der Waals surface area (Å²) in [5, 5.41) is 9.77. The molecule has 86 valence electrons. The number of aromatic hydroxyl groups is 1. The van der Waals surface area contributed by atoms with Crippen LogP contribution in [0, 0.1) is 6.92 Å². The van der Waals surface area contributed by atoms with E-state index >= 15 is 0 Å². The fourth-order valence-electron chi connectivity index (χ4n) is 1.46. The normalized spacial score (nSPS) is 11.9. The lowest BCUT2D eigenvalue weighted by Crippen LogP contribution is -2.09. The molecule has 0 aliphatic rings. The average molecular weight is 220 g/mol. The molecule has 1 unspecified atom stereocenters. The van der Waals surface area contributed by atoms with Gasteiger partial charge in [0.25, 0.3) is 0 Å². The van der Waals surface area contributed by atoms with Crippen LogP contribution in [-0.4, -0.2) is 17.7 Å². The molecule has 1 N–H and O–H groups in total. The molecule has 0 fully saturated rings. The Kier molecular flexibility index (Phi) is 4.11. The fourth-order valence-corrected chi connectivity index (χ4v) is 1.46. The zero-order valence-corrected chi connectivity index (χ0v) is 9.56. The van der Waals surface area contributed by atoms with E-state index in [-0.39, 0.29) is 24.2 Å². The summed E-state index contributed by atoms with van der Waals surface area (Å²) in [5.41, 5.74) is 1.71. The lowest BCUT2D eigenvalue weighted by Gasteiger charge is -2.14. The Morgan fingerprint density at radius 2 is 2.31 bits per heavy atom. The SMILES string of the molecule is C=CC(COC(C)=O)c1ccc(C)cc1O. The molecule has 1 aromatic rings. The predicted octanol–water partition coefficient (Wildman–Crippen LogP) is 2.53. The Bertz CT molecular complexity index is 396. The molecule has 0 heterocycles. The van der Waals surface area contributed by atoms with Crippen molar-refractivity contribution in [2.75, 3.05) is 6.61 Å². The van der Waals surface area contributed by atoms with E-state index in [0.29, 0.717) is 0 Å². The fraction of sp³-hybridized carbons (Fsp3) is 0.308. The van der Waals surface area contributed by atoms with Crippen LogP contribution in [0.2, 0.25) is 0 Å². The number of phenols is 1. The minimum Gasteiger partial charge on any atom is -0.508 e. The van der Waals surface area contributed by atoms with Crippen LogP contribution in [0.4, 0.5) is 0 Å². The molecule has 0 saturated heterocycles. The standard InChI is InChI=1S/C13H16O3/c1-4-11(8-16-10(3)14)12-6-5-9(2)7-13(12)15/h4-7,11,15H,1,8H2,2-3H3. The van der Waals surface area contributed by atoms with Crippen LogP contribution in [0.1, 0.15) is 24.0 Å². The van der Waals surface area contributed by atoms with Crippen molar-refractivity contribution in [3.8, 4) is 5.75 Å². The first-order chi connectivity index (χ1) is 7.54. The van der Waals surface area contributed by atoms with Crippen molar-refractivity contribution in [3.63, 3.8) is 0 Å². The van der Waals surface area contributed by atoms with Crippen molar-refractivity contribution < 1.29 is 14.6 Å². The smallest absolute Gasteiger partial charge is 0.302 e. The van der Waals surface area contributed by atoms with Gasteiger partial charge in [-0.2, -0.15) is 0 Å². The van der Waals surface area contributed by atoms with Crippen LogP contribution in [0.3, 0.4) is 0 Å². The second kappa shape index (κ2) is 5.35. The summed E-state index contributed by atoms with van der Waals surface area (Å²) in [5.74, 6) is -0.306. The number of phenolic OH excluding ortho intramolecular Hbond substituents is 1. The number of rotatable bonds is 4. The summed E-state index contributed by atoms with van der Waals surface area (Å²) < 4.78 is 4.91. The molecule has 1 atom stereocenters. The van der Waals surface area contributed by atoms with Gasteiger partial charge in [0, 0.05) is 18.4 Å². The van der Waals surface area contributed by atoms with Crippen LogP contribution in [0.25, 0.3) is 0 Å². The van der Waals surface area contributed by atoms with Gasteiger partial charge in [-0.25, -0.2) is 0 Å². The summed E-state index contributed by atoms with van der Waals surface area (Å²) in [6.45, 7) is 7.14. The lowest BCUT2D eigenvalue weighted by molar-refractivity contribution is -0.141. The first-order valence-corrected chi connectivity index (χ1v) is 5.10. The van der Waals surface area contributed by atoms with Gasteiger partial charge in [-0.1, -0.05) is 18.2 Å². The number of carbonyl (C=O) groups excluding carboxylic acids is 1. The van der Waals surface area contributed by atoms with E-state index in [4.69, 9.17) is 4.74 Å². The van der Waals surface area contributed by atoms with Crippen molar-refractivity contribution in [2.45, 2.75) is 19.8 Å². The number of benzene rings is 1. The van der Waals surface area contributed by atoms with Gasteiger partial charge in [-0.15, -0.1) is 6.58 Å². The molecule has 3 nitrogen and oxygen atoms in total. The van der Waals surface area contributed by atoms with Gasteiger partial charge in [0.2, 0.25) is 0 Å². The Hall–Kier alpha value is -1.77. The number of carbonyl (C=O) groups is 1. The lowest BCUT2D eigenvalue weighted by atomic mass is 9.98. The third kappa shape index (κ3) is 3.12. The number of hydrogen-bond acceptors (Lipinski definition) is 3. The second-order valence-electron chi connectivity index (χ2n) is 3.71. The molecular formula is C13H16O3. The van der Waals surface area contributed by atoms with Crippen molar-refractivity contribution in [2.24, 2.45) is 0 Å². The quantitative estimate of drug-likeness (QED) is 0.626. The monoisotopic (exact) mass is 220 g/mol. The highest BCUT2D eigenvalue weighted by molar-refractivity contribution is 5.66. The molecule has 0 radical (unpaired) electrons. The molecular weight excluding hydrogens is 204 g/mol. The summed E-state index contributed by atoms with van der Waals surface area (Å²) >= 11 is 0. The van der Waals surface area contributed by atoms with Gasteiger partial charge in [0.1, 0.15) is 12.4 Å². The minimum atomic E-state index is -0.335. The summed E-state index contributed by atoms with van der Waals surface area (Å²) in [4.78, 5) is 10.7. The molecule has 16 heavy (non-hydrogen) atoms. The maximum absolute atomic E-state index is 10.7. The van der Waals surface area contributed by atoms with Crippen molar-refractivity contribution >= 4 is 5.97 Å². The highest BCUT2D eigenvalue weighted by Crippen LogP contribution is 2.27. The zero-order chi connectivity index (χ0) is 12.1. The van der Waals surface area contributed by atoms with E-state index in [1.165, 1.54) is 6.92 Å². The Labute approximate surface area is 95.4 Å². The Morgan fingerprint density at radius 3 is 2.81 bits per heavy atom. The first-order valence-electron chi connectivity index (χ1n) is 5.10. The van der Waals surface area contributed by atoms with Gasteiger partial charge in [0.05, 0.1) is 0 Å². The maximum Gasteiger partial charge on any atom is 0.302 e. The highest BCUT2D eigenvalue weighted by atomic mass is 16.5. The van der Waals surface area contributed by atoms with Gasteiger partial charge in [-0.05, 0) is 18.6 Å². The van der Waals surface area contributed by atoms with Crippen molar-refractivity contribution in [1.82, 2.24) is 0 Å². The first kappa shape index (κ1) is 12.3. The molecule has 0 amide bonds. The second-order valence-corrected chi connectivity index (χ2v) is 3.71. The average Bonchev–Trinajstić information content (AvgIpc) is 2.21. The molecule has 0 aromatic heterocycles. The van der Waals surface area contributed by atoms with Crippen molar-refractivity contribution in [1.29, 1.82) is 0 Å². The zero-order valence-electron chi connectivity index (χ0n) is 9.56. The molecule has 0 bridgehead atoms. The maximum atomic E-state index is 10.7. The Balaban J connectivity index is 2.86. The van der Waals surface area contributed by atoms with E-state index in [1.54, 1.807) is 12.1 Å². The molecule has 0 spiro atoms. The third-order valence-corrected chi connectivity index (χ3v) is 2.34. The van der Waals surface area contributed by atoms with Gasteiger partial charge < -0.3 is 9.84 Å². The number of aryl methyl sites for hydroxylation is 1. The topological polar surface area (TPSA) is 46.5 Å². The van der Waals surface area contributed by atoms with Crippen molar-refractivity contribution in [3.05, 3.63) is 42.0 Å². The van der Waals surface area contributed by atoms with Gasteiger partial charge in [-0.3, -0.25) is 4.79 Å². The molecule has 0 aliphatic carbocycles. The van der Waals surface area contributed by atoms with E-state index < -0.39 is 0 Å². The van der Waals surface area contributed by atoms with Crippen LogP contribution >= 0.6 is 0 Å². The highest BCUT2D eigenvalue weighted by Gasteiger charge is 2.13. The number of esters is 1. The van der Waals surface area contributed by atoms with Gasteiger partial charge >= 0.3 is 5.97 Å². The van der Waals surface area contributed by atoms with E-state index in [0.717, 1.165) is 11.1 Å². The van der Waals surface area contributed by atoms with Crippen LogP contribution in [-0.2, 0) is 9.53 Å². The summed E-state index contributed by atoms with van der Waals surface area (Å²) in [7, 11) is 0. The van der Waals surface area contributed by atoms with Crippen LogP contribution < -0.4 is 0 Å². The minimum absolute atomic E-state index is 0.176. The van der Waals surface area contributed by atoms with Gasteiger partial charge in [0.15, 0.2) is 0 Å². The van der Waals surface area contributed by atoms with Crippen LogP contribution in [0.15, 0.2) is 30.9 Å². The van der Waals surface area contributed by atoms with Crippen LogP contribution in [0.5, 0.6) is 5.75 Å².